The summed E-state index contributed by atoms with van der Waals surface area (Å²) < 4.78 is 15.8. The van der Waals surface area contributed by atoms with E-state index >= 15 is 0 Å². The van der Waals surface area contributed by atoms with E-state index in [2.05, 4.69) is 25.4 Å². The van der Waals surface area contributed by atoms with E-state index in [1.807, 2.05) is 4.90 Å². The van der Waals surface area contributed by atoms with Gasteiger partial charge < -0.3 is 19.3 Å². The molecule has 4 rings (SSSR count). The Balaban J connectivity index is 1.29. The van der Waals surface area contributed by atoms with Crippen molar-refractivity contribution >= 4 is 11.6 Å². The highest BCUT2D eigenvalue weighted by atomic mass is 16.5. The fourth-order valence-corrected chi connectivity index (χ4v) is 3.09. The predicted octanol–water partition coefficient (Wildman–Crippen LogP) is 1.58. The highest BCUT2D eigenvalue weighted by Gasteiger charge is 2.33. The Morgan fingerprint density at radius 3 is 2.79 bits per heavy atom. The van der Waals surface area contributed by atoms with Gasteiger partial charge >= 0.3 is 0 Å². The van der Waals surface area contributed by atoms with Crippen molar-refractivity contribution in [1.29, 1.82) is 0 Å². The highest BCUT2D eigenvalue weighted by molar-refractivity contribution is 5.92. The lowest BCUT2D eigenvalue weighted by Crippen LogP contribution is -2.48. The van der Waals surface area contributed by atoms with Crippen molar-refractivity contribution < 1.29 is 18.8 Å². The van der Waals surface area contributed by atoms with Gasteiger partial charge in [0.25, 0.3) is 0 Å². The number of aromatic nitrogens is 4. The molecule has 150 valence electrons. The number of likely N-dealkylation sites (tertiary alicyclic amines) is 1. The highest BCUT2D eigenvalue weighted by Crippen LogP contribution is 2.30. The maximum Gasteiger partial charge on any atom is 0.238 e. The fraction of sp³-hybridized carbons (Fsp3) is 0.316. The molecule has 1 aliphatic heterocycles. The molecular weight excluding hydrogens is 376 g/mol. The van der Waals surface area contributed by atoms with Crippen molar-refractivity contribution in [2.45, 2.75) is 5.92 Å². The van der Waals surface area contributed by atoms with Gasteiger partial charge in [-0.2, -0.15) is 4.98 Å². The molecule has 1 amide bonds. The third-order valence-electron chi connectivity index (χ3n) is 4.57. The van der Waals surface area contributed by atoms with Gasteiger partial charge in [-0.15, -0.1) is 0 Å². The molecule has 0 bridgehead atoms. The van der Waals surface area contributed by atoms with E-state index < -0.39 is 0 Å². The molecule has 1 fully saturated rings. The first-order valence-corrected chi connectivity index (χ1v) is 9.00. The molecule has 0 atom stereocenters. The van der Waals surface area contributed by atoms with Crippen LogP contribution in [0.15, 0.2) is 41.3 Å². The smallest absolute Gasteiger partial charge is 0.238 e. The van der Waals surface area contributed by atoms with E-state index in [4.69, 9.17) is 14.0 Å². The van der Waals surface area contributed by atoms with Crippen molar-refractivity contribution in [2.24, 2.45) is 0 Å². The summed E-state index contributed by atoms with van der Waals surface area (Å²) in [6.07, 6.45) is 4.75. The van der Waals surface area contributed by atoms with E-state index in [9.17, 15) is 4.79 Å². The van der Waals surface area contributed by atoms with Gasteiger partial charge in [-0.25, -0.2) is 4.98 Å². The van der Waals surface area contributed by atoms with Crippen molar-refractivity contribution in [3.8, 4) is 23.0 Å². The minimum Gasteiger partial charge on any atom is -0.493 e. The number of methoxy groups -OCH3 is 2. The second-order valence-electron chi connectivity index (χ2n) is 6.56. The van der Waals surface area contributed by atoms with Crippen molar-refractivity contribution in [1.82, 2.24) is 25.0 Å². The van der Waals surface area contributed by atoms with Crippen LogP contribution in [0.2, 0.25) is 0 Å². The Kier molecular flexibility index (Phi) is 5.34. The summed E-state index contributed by atoms with van der Waals surface area (Å²) in [4.78, 5) is 26.9. The van der Waals surface area contributed by atoms with Gasteiger partial charge in [-0.05, 0) is 12.1 Å². The number of carbonyl (C=O) groups is 1. The van der Waals surface area contributed by atoms with Gasteiger partial charge in [0.1, 0.15) is 5.69 Å². The summed E-state index contributed by atoms with van der Waals surface area (Å²) in [5.41, 5.74) is 1.21. The number of anilines is 1. The van der Waals surface area contributed by atoms with Crippen molar-refractivity contribution in [2.75, 3.05) is 39.2 Å². The van der Waals surface area contributed by atoms with Crippen LogP contribution in [0.5, 0.6) is 11.5 Å². The van der Waals surface area contributed by atoms with Crippen LogP contribution in [0.4, 0.5) is 5.69 Å². The molecule has 0 spiro atoms. The fourth-order valence-electron chi connectivity index (χ4n) is 3.09. The average Bonchev–Trinajstić information content (AvgIpc) is 3.20. The number of benzene rings is 1. The molecule has 29 heavy (non-hydrogen) atoms. The standard InChI is InChI=1S/C19H20N6O4/c1-27-15-4-3-13(7-16(15)28-2)22-17(26)11-25-9-12(10-25)19-23-18(24-29-19)14-8-20-5-6-21-14/h3-8,12H,9-11H2,1-2H3,(H,22,26). The molecule has 1 saturated heterocycles. The zero-order valence-corrected chi connectivity index (χ0v) is 16.0. The van der Waals surface area contributed by atoms with Gasteiger partial charge in [0.15, 0.2) is 11.5 Å². The largest absolute Gasteiger partial charge is 0.493 e. The summed E-state index contributed by atoms with van der Waals surface area (Å²) in [7, 11) is 3.12. The minimum atomic E-state index is -0.110. The molecule has 0 aliphatic carbocycles. The Hall–Kier alpha value is -3.53. The molecule has 10 nitrogen and oxygen atoms in total. The summed E-state index contributed by atoms with van der Waals surface area (Å²) in [6.45, 7) is 1.61. The van der Waals surface area contributed by atoms with E-state index in [0.29, 0.717) is 47.7 Å². The first-order chi connectivity index (χ1) is 14.2. The summed E-state index contributed by atoms with van der Waals surface area (Å²) in [5.74, 6) is 2.12. The van der Waals surface area contributed by atoms with E-state index in [1.165, 1.54) is 0 Å². The number of nitrogens with zero attached hydrogens (tertiary/aromatic N) is 5. The van der Waals surface area contributed by atoms with Crippen LogP contribution in [0.25, 0.3) is 11.5 Å². The van der Waals surface area contributed by atoms with Crippen LogP contribution in [-0.4, -0.2) is 64.8 Å². The van der Waals surface area contributed by atoms with Crippen molar-refractivity contribution in [3.63, 3.8) is 0 Å². The number of hydrogen-bond acceptors (Lipinski definition) is 9. The molecule has 0 unspecified atom stereocenters. The number of nitrogens with one attached hydrogen (secondary N) is 1. The molecule has 10 heteroatoms. The Morgan fingerprint density at radius 1 is 1.24 bits per heavy atom. The second kappa shape index (κ2) is 8.23. The molecule has 1 N–H and O–H groups in total. The number of carbonyl (C=O) groups excluding carboxylic acids is 1. The summed E-state index contributed by atoms with van der Waals surface area (Å²) in [6, 6.07) is 5.24. The molecule has 3 heterocycles. The molecule has 3 aromatic rings. The van der Waals surface area contributed by atoms with Gasteiger partial charge in [0, 0.05) is 37.2 Å². The lowest BCUT2D eigenvalue weighted by molar-refractivity contribution is -0.118. The van der Waals surface area contributed by atoms with E-state index in [1.54, 1.807) is 51.0 Å². The van der Waals surface area contributed by atoms with Crippen LogP contribution >= 0.6 is 0 Å². The maximum atomic E-state index is 12.3. The minimum absolute atomic E-state index is 0.0989. The number of rotatable bonds is 7. The van der Waals surface area contributed by atoms with E-state index in [0.717, 1.165) is 0 Å². The zero-order valence-electron chi connectivity index (χ0n) is 16.0. The van der Waals surface area contributed by atoms with Gasteiger partial charge in [-0.1, -0.05) is 5.16 Å². The van der Waals surface area contributed by atoms with Crippen molar-refractivity contribution in [3.05, 3.63) is 42.7 Å². The molecule has 2 aromatic heterocycles. The number of ether oxygens (including phenoxy) is 2. The average molecular weight is 396 g/mol. The Bertz CT molecular complexity index is 987. The quantitative estimate of drug-likeness (QED) is 0.635. The summed E-state index contributed by atoms with van der Waals surface area (Å²) >= 11 is 0. The van der Waals surface area contributed by atoms with Crippen LogP contribution < -0.4 is 14.8 Å². The third-order valence-corrected chi connectivity index (χ3v) is 4.57. The van der Waals surface area contributed by atoms with Crippen LogP contribution in [0.3, 0.4) is 0 Å². The lowest BCUT2D eigenvalue weighted by Gasteiger charge is -2.36. The van der Waals surface area contributed by atoms with Gasteiger partial charge in [0.05, 0.1) is 32.9 Å². The SMILES string of the molecule is COc1ccc(NC(=O)CN2CC(c3nc(-c4cnccn4)no3)C2)cc1OC. The molecule has 1 aromatic carbocycles. The van der Waals surface area contributed by atoms with Crippen LogP contribution in [-0.2, 0) is 4.79 Å². The number of hydrogen-bond donors (Lipinski definition) is 1. The normalized spacial score (nSPS) is 14.3. The molecular formula is C19H20N6O4. The van der Waals surface area contributed by atoms with E-state index in [-0.39, 0.29) is 18.4 Å². The first kappa shape index (κ1) is 18.8. The monoisotopic (exact) mass is 396 g/mol. The first-order valence-electron chi connectivity index (χ1n) is 9.00. The number of amides is 1. The Labute approximate surface area is 166 Å². The van der Waals surface area contributed by atoms with Crippen LogP contribution in [0.1, 0.15) is 11.8 Å². The lowest BCUT2D eigenvalue weighted by atomic mass is 10.0. The van der Waals surface area contributed by atoms with Crippen LogP contribution in [0, 0.1) is 0 Å². The zero-order chi connectivity index (χ0) is 20.2. The van der Waals surface area contributed by atoms with Gasteiger partial charge in [0.2, 0.25) is 17.6 Å². The third kappa shape index (κ3) is 4.16. The predicted molar refractivity (Wildman–Crippen MR) is 103 cm³/mol. The molecule has 1 aliphatic rings. The molecule has 0 radical (unpaired) electrons. The Morgan fingerprint density at radius 2 is 2.07 bits per heavy atom. The maximum absolute atomic E-state index is 12.3. The van der Waals surface area contributed by atoms with Gasteiger partial charge in [-0.3, -0.25) is 14.7 Å². The molecule has 0 saturated carbocycles. The second-order valence-corrected chi connectivity index (χ2v) is 6.56. The topological polar surface area (TPSA) is 116 Å². The summed E-state index contributed by atoms with van der Waals surface area (Å²) in [5, 5.41) is 6.82.